The van der Waals surface area contributed by atoms with E-state index in [0.29, 0.717) is 23.6 Å². The first-order chi connectivity index (χ1) is 10.4. The van der Waals surface area contributed by atoms with Gasteiger partial charge >= 0.3 is 0 Å². The zero-order valence-electron chi connectivity index (χ0n) is 13.4. The van der Waals surface area contributed by atoms with Crippen LogP contribution in [0.25, 0.3) is 0 Å². The Bertz CT molecular complexity index is 609. The van der Waals surface area contributed by atoms with E-state index in [9.17, 15) is 4.79 Å². The third kappa shape index (κ3) is 3.98. The molecule has 0 aliphatic rings. The fourth-order valence-electron chi connectivity index (χ4n) is 2.09. The van der Waals surface area contributed by atoms with Crippen molar-refractivity contribution in [3.05, 3.63) is 41.2 Å². The van der Waals surface area contributed by atoms with Gasteiger partial charge in [-0.1, -0.05) is 25.9 Å². The largest absolute Gasteiger partial charge is 0.469 e. The highest BCUT2D eigenvalue weighted by atomic mass is 16.6. The number of furan rings is 1. The van der Waals surface area contributed by atoms with E-state index in [1.807, 2.05) is 32.9 Å². The van der Waals surface area contributed by atoms with Crippen LogP contribution < -0.4 is 5.48 Å². The summed E-state index contributed by atoms with van der Waals surface area (Å²) in [4.78, 5) is 17.5. The van der Waals surface area contributed by atoms with Crippen molar-refractivity contribution < 1.29 is 18.6 Å². The molecule has 6 heteroatoms. The summed E-state index contributed by atoms with van der Waals surface area (Å²) < 4.78 is 10.4. The summed E-state index contributed by atoms with van der Waals surface area (Å²) in [6, 6.07) is 3.76. The predicted octanol–water partition coefficient (Wildman–Crippen LogP) is 3.17. The Balaban J connectivity index is 1.84. The zero-order chi connectivity index (χ0) is 16.2. The quantitative estimate of drug-likeness (QED) is 0.655. The minimum atomic E-state index is -0.332. The topological polar surface area (TPSA) is 77.5 Å². The number of hydrogen-bond donors (Lipinski definition) is 1. The van der Waals surface area contributed by atoms with Crippen molar-refractivity contribution in [1.82, 2.24) is 10.6 Å². The highest BCUT2D eigenvalue weighted by molar-refractivity contribution is 5.95. The van der Waals surface area contributed by atoms with Crippen LogP contribution >= 0.6 is 0 Å². The Morgan fingerprint density at radius 1 is 1.41 bits per heavy atom. The fourth-order valence-corrected chi connectivity index (χ4v) is 2.09. The van der Waals surface area contributed by atoms with Crippen LogP contribution in [0.3, 0.4) is 0 Å². The second kappa shape index (κ2) is 6.79. The van der Waals surface area contributed by atoms with Crippen LogP contribution in [0, 0.1) is 6.92 Å². The molecule has 1 N–H and O–H groups in total. The molecule has 0 aromatic carbocycles. The van der Waals surface area contributed by atoms with Crippen molar-refractivity contribution in [2.24, 2.45) is 0 Å². The second-order valence-electron chi connectivity index (χ2n) is 6.17. The molecule has 0 saturated carbocycles. The number of hydrogen-bond acceptors (Lipinski definition) is 5. The molecule has 2 aromatic heterocycles. The Kier molecular flexibility index (Phi) is 5.03. The molecule has 0 atom stereocenters. The van der Waals surface area contributed by atoms with E-state index < -0.39 is 0 Å². The van der Waals surface area contributed by atoms with Gasteiger partial charge in [-0.05, 0) is 25.5 Å². The summed E-state index contributed by atoms with van der Waals surface area (Å²) in [6.07, 6.45) is 3.16. The average Bonchev–Trinajstić information content (AvgIpc) is 3.06. The Labute approximate surface area is 129 Å². The number of carbonyl (C=O) groups is 1. The maximum absolute atomic E-state index is 12.2. The van der Waals surface area contributed by atoms with Crippen molar-refractivity contribution in [1.29, 1.82) is 0 Å². The lowest BCUT2D eigenvalue weighted by Gasteiger charge is -2.16. The highest BCUT2D eigenvalue weighted by Crippen LogP contribution is 2.26. The molecular weight excluding hydrogens is 284 g/mol. The van der Waals surface area contributed by atoms with Crippen LogP contribution in [0.1, 0.15) is 54.8 Å². The molecular formula is C16H22N2O4. The number of carbonyl (C=O) groups excluding carboxylic acids is 1. The van der Waals surface area contributed by atoms with Crippen molar-refractivity contribution >= 4 is 5.91 Å². The normalized spacial score (nSPS) is 11.6. The van der Waals surface area contributed by atoms with Crippen LogP contribution in [0.4, 0.5) is 0 Å². The zero-order valence-corrected chi connectivity index (χ0v) is 13.4. The number of aryl methyl sites for hydroxylation is 2. The molecule has 2 aromatic rings. The Morgan fingerprint density at radius 2 is 2.18 bits per heavy atom. The Morgan fingerprint density at radius 3 is 2.82 bits per heavy atom. The first-order valence-corrected chi connectivity index (χ1v) is 7.31. The van der Waals surface area contributed by atoms with E-state index in [4.69, 9.17) is 13.8 Å². The van der Waals surface area contributed by atoms with Crippen molar-refractivity contribution in [2.45, 2.75) is 46.0 Å². The Hall–Kier alpha value is -2.08. The molecule has 6 nitrogen and oxygen atoms in total. The van der Waals surface area contributed by atoms with Gasteiger partial charge in [-0.15, -0.1) is 0 Å². The number of amides is 1. The van der Waals surface area contributed by atoms with Crippen LogP contribution in [0.5, 0.6) is 0 Å². The average molecular weight is 306 g/mol. The van der Waals surface area contributed by atoms with E-state index in [0.717, 1.165) is 18.6 Å². The molecule has 0 aliphatic heterocycles. The highest BCUT2D eigenvalue weighted by Gasteiger charge is 2.28. The van der Waals surface area contributed by atoms with Crippen LogP contribution in [0.2, 0.25) is 0 Å². The minimum Gasteiger partial charge on any atom is -0.469 e. The first-order valence-electron chi connectivity index (χ1n) is 7.31. The molecule has 2 rings (SSSR count). The molecule has 0 bridgehead atoms. The number of hydroxylamine groups is 1. The third-order valence-corrected chi connectivity index (χ3v) is 3.21. The molecule has 1 amide bonds. The molecule has 0 aliphatic carbocycles. The van der Waals surface area contributed by atoms with Gasteiger partial charge in [0, 0.05) is 11.8 Å². The lowest BCUT2D eigenvalue weighted by molar-refractivity contribution is 0.0299. The van der Waals surface area contributed by atoms with Gasteiger partial charge in [0.25, 0.3) is 5.91 Å². The maximum atomic E-state index is 12.2. The fraction of sp³-hybridized carbons (Fsp3) is 0.500. The summed E-state index contributed by atoms with van der Waals surface area (Å²) in [7, 11) is 0. The van der Waals surface area contributed by atoms with Gasteiger partial charge in [-0.3, -0.25) is 9.63 Å². The molecule has 0 unspecified atom stereocenters. The predicted molar refractivity (Wildman–Crippen MR) is 80.4 cm³/mol. The molecule has 2 heterocycles. The van der Waals surface area contributed by atoms with Crippen molar-refractivity contribution in [2.75, 3.05) is 6.61 Å². The van der Waals surface area contributed by atoms with Gasteiger partial charge in [0.1, 0.15) is 22.8 Å². The van der Waals surface area contributed by atoms with E-state index in [1.54, 1.807) is 13.2 Å². The van der Waals surface area contributed by atoms with Gasteiger partial charge in [0.2, 0.25) is 0 Å². The number of nitrogens with one attached hydrogen (secondary N) is 1. The van der Waals surface area contributed by atoms with Gasteiger partial charge in [0.05, 0.1) is 12.9 Å². The summed E-state index contributed by atoms with van der Waals surface area (Å²) in [6.45, 7) is 8.05. The van der Waals surface area contributed by atoms with Crippen LogP contribution in [-0.4, -0.2) is 17.7 Å². The molecule has 0 spiro atoms. The number of nitrogens with zero attached hydrogens (tertiary/aromatic N) is 1. The van der Waals surface area contributed by atoms with Crippen molar-refractivity contribution in [3.8, 4) is 0 Å². The number of rotatable bonds is 6. The maximum Gasteiger partial charge on any atom is 0.280 e. The molecule has 120 valence electrons. The molecule has 0 saturated heterocycles. The summed E-state index contributed by atoms with van der Waals surface area (Å²) >= 11 is 0. The lowest BCUT2D eigenvalue weighted by Crippen LogP contribution is -2.28. The lowest BCUT2D eigenvalue weighted by atomic mass is 9.88. The first kappa shape index (κ1) is 16.3. The monoisotopic (exact) mass is 306 g/mol. The van der Waals surface area contributed by atoms with Gasteiger partial charge < -0.3 is 8.94 Å². The second-order valence-corrected chi connectivity index (χ2v) is 6.17. The number of aromatic nitrogens is 1. The third-order valence-electron chi connectivity index (χ3n) is 3.21. The van der Waals surface area contributed by atoms with Gasteiger partial charge in [0.15, 0.2) is 0 Å². The summed E-state index contributed by atoms with van der Waals surface area (Å²) in [5.41, 5.74) is 3.24. The van der Waals surface area contributed by atoms with E-state index in [2.05, 4.69) is 10.6 Å². The van der Waals surface area contributed by atoms with Gasteiger partial charge in [-0.25, -0.2) is 5.48 Å². The minimum absolute atomic E-state index is 0.274. The van der Waals surface area contributed by atoms with Crippen molar-refractivity contribution in [3.63, 3.8) is 0 Å². The van der Waals surface area contributed by atoms with E-state index in [-0.39, 0.29) is 11.3 Å². The molecule has 0 fully saturated rings. The smallest absolute Gasteiger partial charge is 0.280 e. The van der Waals surface area contributed by atoms with E-state index in [1.165, 1.54) is 0 Å². The molecule has 0 radical (unpaired) electrons. The summed E-state index contributed by atoms with van der Waals surface area (Å²) in [5.74, 6) is 1.06. The van der Waals surface area contributed by atoms with E-state index >= 15 is 0 Å². The van der Waals surface area contributed by atoms with Crippen LogP contribution in [0.15, 0.2) is 27.3 Å². The van der Waals surface area contributed by atoms with Gasteiger partial charge in [-0.2, -0.15) is 0 Å². The molecule has 22 heavy (non-hydrogen) atoms. The SMILES string of the molecule is Cc1onc(C(C)(C)C)c1C(=O)NOCCCc1ccco1. The summed E-state index contributed by atoms with van der Waals surface area (Å²) in [5, 5.41) is 3.98. The standard InChI is InChI=1S/C16H22N2O4/c1-11-13(14(17-22-11)16(2,3)4)15(19)18-21-10-6-8-12-7-5-9-20-12/h5,7,9H,6,8,10H2,1-4H3,(H,18,19). The van der Waals surface area contributed by atoms with Crippen LogP contribution in [-0.2, 0) is 16.7 Å².